The molecule has 0 radical (unpaired) electrons. The SMILES string of the molecule is C=C1OCc2c(cc3n(c2=O)Cc2c-3nc3ccccc3c2C[Si](C)(C)O)[C@@]1(O)CC. The number of pyridine rings is 2. The average Bonchev–Trinajstić information content (AvgIpc) is 3.09. The number of aliphatic hydroxyl groups is 1. The fourth-order valence-corrected chi connectivity index (χ4v) is 6.13. The third kappa shape index (κ3) is 2.91. The first-order chi connectivity index (χ1) is 14.6. The van der Waals surface area contributed by atoms with Gasteiger partial charge in [-0.15, -0.1) is 0 Å². The molecule has 0 fully saturated rings. The molecule has 7 heteroatoms. The number of nitrogens with zero attached hydrogens (tertiary/aromatic N) is 2. The number of ether oxygens (including phenoxy) is 1. The van der Waals surface area contributed by atoms with Crippen molar-refractivity contribution >= 4 is 19.2 Å². The molecule has 2 aliphatic heterocycles. The summed E-state index contributed by atoms with van der Waals surface area (Å²) in [5.41, 5.74) is 3.80. The van der Waals surface area contributed by atoms with Crippen LogP contribution in [0, 0.1) is 0 Å². The number of benzene rings is 1. The van der Waals surface area contributed by atoms with Crippen LogP contribution >= 0.6 is 0 Å². The molecular weight excluding hydrogens is 408 g/mol. The first-order valence-electron chi connectivity index (χ1n) is 10.6. The standard InChI is InChI=1S/C24H26N2O4Si/c1-5-24(28)14(2)30-12-17-19(24)10-21-22-16(11-26(21)23(17)27)18(13-31(3,4)29)15-8-6-7-9-20(15)25-22/h6-10,28-29H,2,5,11-13H2,1,3-4H3/t24-/m1/s1. The number of rotatable bonds is 3. The van der Waals surface area contributed by atoms with E-state index in [0.717, 1.165) is 27.7 Å². The highest BCUT2D eigenvalue weighted by Gasteiger charge is 2.41. The van der Waals surface area contributed by atoms with Gasteiger partial charge in [-0.1, -0.05) is 31.7 Å². The topological polar surface area (TPSA) is 84.6 Å². The summed E-state index contributed by atoms with van der Waals surface area (Å²) in [7, 11) is -2.43. The third-order valence-electron chi connectivity index (χ3n) is 6.49. The predicted molar refractivity (Wildman–Crippen MR) is 122 cm³/mol. The van der Waals surface area contributed by atoms with Gasteiger partial charge in [0.2, 0.25) is 0 Å². The van der Waals surface area contributed by atoms with Crippen LogP contribution in [0.15, 0.2) is 47.5 Å². The highest BCUT2D eigenvalue weighted by Crippen LogP contribution is 2.43. The van der Waals surface area contributed by atoms with Gasteiger partial charge in [0.05, 0.1) is 29.0 Å². The molecule has 0 aliphatic carbocycles. The van der Waals surface area contributed by atoms with Gasteiger partial charge in [-0.05, 0) is 43.3 Å². The summed E-state index contributed by atoms with van der Waals surface area (Å²) >= 11 is 0. The van der Waals surface area contributed by atoms with Crippen LogP contribution in [-0.4, -0.2) is 27.8 Å². The van der Waals surface area contributed by atoms with Gasteiger partial charge in [0.15, 0.2) is 8.32 Å². The number of hydrogen-bond donors (Lipinski definition) is 2. The molecule has 4 heterocycles. The van der Waals surface area contributed by atoms with Crippen LogP contribution < -0.4 is 5.56 Å². The van der Waals surface area contributed by atoms with Gasteiger partial charge in [0, 0.05) is 16.5 Å². The number of fused-ring (bicyclic) bond motifs is 5. The lowest BCUT2D eigenvalue weighted by Gasteiger charge is -2.35. The van der Waals surface area contributed by atoms with Crippen molar-refractivity contribution in [2.24, 2.45) is 0 Å². The molecule has 0 spiro atoms. The summed E-state index contributed by atoms with van der Waals surface area (Å²) in [6.07, 6.45) is 0.356. The molecule has 0 amide bonds. The summed E-state index contributed by atoms with van der Waals surface area (Å²) < 4.78 is 7.30. The van der Waals surface area contributed by atoms with Crippen molar-refractivity contribution in [3.05, 3.63) is 75.3 Å². The Morgan fingerprint density at radius 2 is 2.03 bits per heavy atom. The Morgan fingerprint density at radius 3 is 2.74 bits per heavy atom. The third-order valence-corrected chi connectivity index (χ3v) is 7.71. The molecule has 0 saturated carbocycles. The first kappa shape index (κ1) is 20.2. The van der Waals surface area contributed by atoms with E-state index in [-0.39, 0.29) is 17.9 Å². The highest BCUT2D eigenvalue weighted by atomic mass is 28.4. The van der Waals surface area contributed by atoms with E-state index in [1.807, 2.05) is 50.3 Å². The van der Waals surface area contributed by atoms with Crippen molar-refractivity contribution in [3.63, 3.8) is 0 Å². The van der Waals surface area contributed by atoms with Crippen molar-refractivity contribution in [3.8, 4) is 11.4 Å². The van der Waals surface area contributed by atoms with E-state index in [1.165, 1.54) is 0 Å². The first-order valence-corrected chi connectivity index (χ1v) is 13.7. The fraction of sp³-hybridized carbons (Fsp3) is 0.333. The fourth-order valence-electron chi connectivity index (χ4n) is 4.86. The second-order valence-electron chi connectivity index (χ2n) is 9.16. The summed E-state index contributed by atoms with van der Waals surface area (Å²) in [6.45, 7) is 10.1. The molecule has 2 N–H and O–H groups in total. The van der Waals surface area contributed by atoms with Crippen molar-refractivity contribution in [1.29, 1.82) is 0 Å². The maximum atomic E-state index is 13.4. The molecular formula is C24H26N2O4Si. The van der Waals surface area contributed by atoms with E-state index in [0.29, 0.717) is 35.8 Å². The van der Waals surface area contributed by atoms with E-state index >= 15 is 0 Å². The second-order valence-corrected chi connectivity index (χ2v) is 13.1. The van der Waals surface area contributed by atoms with Crippen LogP contribution in [-0.2, 0) is 29.5 Å². The molecule has 1 atom stereocenters. The number of para-hydroxylation sites is 1. The highest BCUT2D eigenvalue weighted by molar-refractivity contribution is 6.69. The van der Waals surface area contributed by atoms with E-state index in [1.54, 1.807) is 4.57 Å². The Balaban J connectivity index is 1.82. The Morgan fingerprint density at radius 1 is 1.29 bits per heavy atom. The molecule has 5 rings (SSSR count). The quantitative estimate of drug-likeness (QED) is 0.483. The van der Waals surface area contributed by atoms with Crippen molar-refractivity contribution in [2.45, 2.75) is 51.2 Å². The molecule has 6 nitrogen and oxygen atoms in total. The van der Waals surface area contributed by atoms with Gasteiger partial charge in [-0.3, -0.25) is 4.79 Å². The lowest BCUT2D eigenvalue weighted by atomic mass is 9.84. The summed E-state index contributed by atoms with van der Waals surface area (Å²) in [4.78, 5) is 29.1. The monoisotopic (exact) mass is 434 g/mol. The molecule has 160 valence electrons. The van der Waals surface area contributed by atoms with Crippen LogP contribution in [0.1, 0.15) is 35.6 Å². The normalized spacial score (nSPS) is 19.7. The Bertz CT molecular complexity index is 1320. The van der Waals surface area contributed by atoms with E-state index in [2.05, 4.69) is 6.58 Å². The maximum absolute atomic E-state index is 13.4. The number of hydrogen-bond acceptors (Lipinski definition) is 5. The van der Waals surface area contributed by atoms with E-state index in [4.69, 9.17) is 9.72 Å². The molecule has 2 aliphatic rings. The lowest BCUT2D eigenvalue weighted by Crippen LogP contribution is -2.38. The largest absolute Gasteiger partial charge is 0.490 e. The van der Waals surface area contributed by atoms with Gasteiger partial charge in [0.25, 0.3) is 5.56 Å². The lowest BCUT2D eigenvalue weighted by molar-refractivity contribution is -0.0172. The zero-order valence-corrected chi connectivity index (χ0v) is 19.0. The molecule has 0 bridgehead atoms. The minimum absolute atomic E-state index is 0.102. The van der Waals surface area contributed by atoms with Gasteiger partial charge in [-0.25, -0.2) is 4.98 Å². The number of aromatic nitrogens is 2. The summed E-state index contributed by atoms with van der Waals surface area (Å²) in [6, 6.07) is 10.4. The van der Waals surface area contributed by atoms with Crippen LogP contribution in [0.4, 0.5) is 0 Å². The minimum Gasteiger partial charge on any atom is -0.490 e. The predicted octanol–water partition coefficient (Wildman–Crippen LogP) is 3.35. The Kier molecular flexibility index (Phi) is 4.31. The van der Waals surface area contributed by atoms with Crippen LogP contribution in [0.3, 0.4) is 0 Å². The zero-order chi connectivity index (χ0) is 22.1. The average molecular weight is 435 g/mol. The van der Waals surface area contributed by atoms with E-state index < -0.39 is 13.9 Å². The van der Waals surface area contributed by atoms with Crippen LogP contribution in [0.5, 0.6) is 0 Å². The van der Waals surface area contributed by atoms with Gasteiger partial charge in [0.1, 0.15) is 18.0 Å². The minimum atomic E-state index is -2.43. The van der Waals surface area contributed by atoms with Crippen molar-refractivity contribution in [2.75, 3.05) is 0 Å². The molecule has 0 saturated heterocycles. The molecule has 2 aromatic heterocycles. The molecule has 31 heavy (non-hydrogen) atoms. The Hall–Kier alpha value is -2.74. The van der Waals surface area contributed by atoms with Crippen molar-refractivity contribution < 1.29 is 14.6 Å². The maximum Gasteiger partial charge on any atom is 0.258 e. The van der Waals surface area contributed by atoms with Crippen molar-refractivity contribution in [1.82, 2.24) is 9.55 Å². The summed E-state index contributed by atoms with van der Waals surface area (Å²) in [5.74, 6) is 0.269. The van der Waals surface area contributed by atoms with Gasteiger partial charge in [-0.2, -0.15) is 0 Å². The van der Waals surface area contributed by atoms with Crippen LogP contribution in [0.25, 0.3) is 22.3 Å². The van der Waals surface area contributed by atoms with Gasteiger partial charge < -0.3 is 19.2 Å². The summed E-state index contributed by atoms with van der Waals surface area (Å²) in [5, 5.41) is 12.3. The molecule has 1 aromatic carbocycles. The van der Waals surface area contributed by atoms with E-state index in [9.17, 15) is 14.7 Å². The molecule has 3 aromatic rings. The van der Waals surface area contributed by atoms with Crippen LogP contribution in [0.2, 0.25) is 13.1 Å². The second kappa shape index (κ2) is 6.63. The Labute approximate surface area is 181 Å². The smallest absolute Gasteiger partial charge is 0.258 e. The molecule has 0 unspecified atom stereocenters. The zero-order valence-electron chi connectivity index (χ0n) is 18.0. The van der Waals surface area contributed by atoms with Gasteiger partial charge >= 0.3 is 0 Å².